The number of aromatic nitrogens is 2. The van der Waals surface area contributed by atoms with Crippen LogP contribution in [-0.2, 0) is 15.6 Å². The van der Waals surface area contributed by atoms with Crippen LogP contribution >= 0.6 is 0 Å². The van der Waals surface area contributed by atoms with Gasteiger partial charge >= 0.3 is 0 Å². The number of nitrogens with zero attached hydrogens (tertiary/aromatic N) is 2. The normalized spacial score (nSPS) is 12.9. The van der Waals surface area contributed by atoms with Gasteiger partial charge in [0.05, 0.1) is 12.9 Å². The Morgan fingerprint density at radius 1 is 1.39 bits per heavy atom. The predicted molar refractivity (Wildman–Crippen MR) is 83.1 cm³/mol. The summed E-state index contributed by atoms with van der Waals surface area (Å²) in [6, 6.07) is 4.72. The fraction of sp³-hybridized carbons (Fsp3) is 0.400. The number of sulfone groups is 1. The van der Waals surface area contributed by atoms with Gasteiger partial charge in [-0.05, 0) is 39.0 Å². The Bertz CT molecular complexity index is 826. The molecule has 7 nitrogen and oxygen atoms in total. The van der Waals surface area contributed by atoms with Gasteiger partial charge in [-0.15, -0.1) is 0 Å². The van der Waals surface area contributed by atoms with Gasteiger partial charge in [-0.1, -0.05) is 5.16 Å². The molecule has 0 aliphatic rings. The topological polar surface area (TPSA) is 99.4 Å². The van der Waals surface area contributed by atoms with E-state index in [2.05, 4.69) is 10.1 Å². The molecule has 0 aliphatic carbocycles. The standard InChI is InChI=1S/C15H18N2O5S/c1-9(18)12-5-6-14(21-4)13(7-12)8-23(19,20)10(2)15-16-11(3)17-22-15/h5-7,10H,8H2,1-4H3. The maximum atomic E-state index is 12.6. The third-order valence-electron chi connectivity index (χ3n) is 3.47. The van der Waals surface area contributed by atoms with Crippen molar-refractivity contribution in [1.29, 1.82) is 0 Å². The van der Waals surface area contributed by atoms with Crippen LogP contribution in [0.3, 0.4) is 0 Å². The van der Waals surface area contributed by atoms with Crippen molar-refractivity contribution in [2.24, 2.45) is 0 Å². The lowest BCUT2D eigenvalue weighted by molar-refractivity contribution is 0.101. The number of hydrogen-bond donors (Lipinski definition) is 0. The van der Waals surface area contributed by atoms with Crippen molar-refractivity contribution >= 4 is 15.6 Å². The van der Waals surface area contributed by atoms with E-state index in [9.17, 15) is 13.2 Å². The molecule has 0 N–H and O–H groups in total. The third kappa shape index (κ3) is 3.76. The Kier molecular flexibility index (Phi) is 4.84. The van der Waals surface area contributed by atoms with E-state index in [1.807, 2.05) is 0 Å². The molecule has 1 aromatic carbocycles. The summed E-state index contributed by atoms with van der Waals surface area (Å²) in [5, 5.41) is 2.66. The van der Waals surface area contributed by atoms with E-state index in [0.29, 0.717) is 22.7 Å². The molecule has 0 radical (unpaired) electrons. The molecule has 124 valence electrons. The Labute approximate surface area is 134 Å². The van der Waals surface area contributed by atoms with Gasteiger partial charge in [0, 0.05) is 11.1 Å². The number of carbonyl (C=O) groups is 1. The van der Waals surface area contributed by atoms with E-state index in [1.54, 1.807) is 19.1 Å². The van der Waals surface area contributed by atoms with Gasteiger partial charge < -0.3 is 9.26 Å². The molecule has 0 fully saturated rings. The molecule has 0 aliphatic heterocycles. The second-order valence-corrected chi connectivity index (χ2v) is 7.53. The van der Waals surface area contributed by atoms with Crippen LogP contribution in [0.25, 0.3) is 0 Å². The van der Waals surface area contributed by atoms with E-state index in [-0.39, 0.29) is 17.4 Å². The average molecular weight is 338 g/mol. The Morgan fingerprint density at radius 2 is 2.09 bits per heavy atom. The molecule has 0 spiro atoms. The van der Waals surface area contributed by atoms with Gasteiger partial charge in [0.1, 0.15) is 11.0 Å². The second-order valence-electron chi connectivity index (χ2n) is 5.21. The summed E-state index contributed by atoms with van der Waals surface area (Å²) in [5.74, 6) is 0.390. The first-order valence-corrected chi connectivity index (χ1v) is 8.65. The van der Waals surface area contributed by atoms with Gasteiger partial charge in [0.15, 0.2) is 21.4 Å². The molecule has 8 heteroatoms. The van der Waals surface area contributed by atoms with Crippen molar-refractivity contribution in [2.45, 2.75) is 31.8 Å². The van der Waals surface area contributed by atoms with Crippen LogP contribution in [-0.4, -0.2) is 31.5 Å². The monoisotopic (exact) mass is 338 g/mol. The van der Waals surface area contributed by atoms with Crippen molar-refractivity contribution < 1.29 is 22.5 Å². The summed E-state index contributed by atoms with van der Waals surface area (Å²) in [6.45, 7) is 4.53. The zero-order chi connectivity index (χ0) is 17.2. The lowest BCUT2D eigenvalue weighted by Crippen LogP contribution is -2.14. The third-order valence-corrected chi connectivity index (χ3v) is 5.47. The summed E-state index contributed by atoms with van der Waals surface area (Å²) in [5.41, 5.74) is 0.848. The van der Waals surface area contributed by atoms with Gasteiger partial charge in [-0.3, -0.25) is 4.79 Å². The molecular formula is C15H18N2O5S. The van der Waals surface area contributed by atoms with Crippen molar-refractivity contribution in [3.8, 4) is 5.75 Å². The zero-order valence-corrected chi connectivity index (χ0v) is 14.2. The average Bonchev–Trinajstić information content (AvgIpc) is 2.92. The maximum Gasteiger partial charge on any atom is 0.244 e. The predicted octanol–water partition coefficient (Wildman–Crippen LogP) is 2.27. The molecule has 1 atom stereocenters. The molecule has 2 rings (SSSR count). The van der Waals surface area contributed by atoms with E-state index < -0.39 is 15.1 Å². The molecule has 0 saturated carbocycles. The number of ketones is 1. The van der Waals surface area contributed by atoms with Gasteiger partial charge in [0.25, 0.3) is 0 Å². The number of Topliss-reactive ketones (excluding diaryl/α,β-unsaturated/α-hetero) is 1. The number of hydrogen-bond acceptors (Lipinski definition) is 7. The van der Waals surface area contributed by atoms with E-state index in [1.165, 1.54) is 27.0 Å². The highest BCUT2D eigenvalue weighted by molar-refractivity contribution is 7.90. The minimum absolute atomic E-state index is 0.0455. The molecule has 1 unspecified atom stereocenters. The van der Waals surface area contributed by atoms with Crippen LogP contribution < -0.4 is 4.74 Å². The summed E-state index contributed by atoms with van der Waals surface area (Å²) in [7, 11) is -2.17. The van der Waals surface area contributed by atoms with Crippen molar-refractivity contribution in [1.82, 2.24) is 10.1 Å². The van der Waals surface area contributed by atoms with Crippen molar-refractivity contribution in [3.63, 3.8) is 0 Å². The van der Waals surface area contributed by atoms with Crippen LogP contribution in [0.15, 0.2) is 22.7 Å². The number of ether oxygens (including phenoxy) is 1. The Morgan fingerprint density at radius 3 is 2.61 bits per heavy atom. The summed E-state index contributed by atoms with van der Waals surface area (Å²) in [4.78, 5) is 15.5. The number of rotatable bonds is 6. The Hall–Kier alpha value is -2.22. The summed E-state index contributed by atoms with van der Waals surface area (Å²) in [6.07, 6.45) is 0. The largest absolute Gasteiger partial charge is 0.496 e. The number of carbonyl (C=O) groups excluding carboxylic acids is 1. The van der Waals surface area contributed by atoms with Gasteiger partial charge in [-0.25, -0.2) is 8.42 Å². The SMILES string of the molecule is COc1ccc(C(C)=O)cc1CS(=O)(=O)C(C)c1nc(C)no1. The smallest absolute Gasteiger partial charge is 0.244 e. The van der Waals surface area contributed by atoms with Crippen LogP contribution in [0, 0.1) is 6.92 Å². The summed E-state index contributed by atoms with van der Waals surface area (Å²) >= 11 is 0. The number of aryl methyl sites for hydroxylation is 1. The number of benzene rings is 1. The van der Waals surface area contributed by atoms with Gasteiger partial charge in [-0.2, -0.15) is 4.98 Å². The maximum absolute atomic E-state index is 12.6. The molecule has 0 saturated heterocycles. The first-order valence-electron chi connectivity index (χ1n) is 6.94. The Balaban J connectivity index is 2.36. The molecule has 2 aromatic rings. The van der Waals surface area contributed by atoms with Crippen LogP contribution in [0.4, 0.5) is 0 Å². The lowest BCUT2D eigenvalue weighted by Gasteiger charge is -2.13. The first-order chi connectivity index (χ1) is 10.7. The van der Waals surface area contributed by atoms with E-state index in [4.69, 9.17) is 9.26 Å². The molecule has 1 aromatic heterocycles. The van der Waals surface area contributed by atoms with Crippen LogP contribution in [0.2, 0.25) is 0 Å². The highest BCUT2D eigenvalue weighted by Gasteiger charge is 2.29. The van der Waals surface area contributed by atoms with Crippen molar-refractivity contribution in [2.75, 3.05) is 7.11 Å². The first kappa shape index (κ1) is 17.1. The molecule has 0 bridgehead atoms. The van der Waals surface area contributed by atoms with Crippen LogP contribution in [0.1, 0.15) is 46.7 Å². The minimum Gasteiger partial charge on any atom is -0.496 e. The van der Waals surface area contributed by atoms with E-state index >= 15 is 0 Å². The second kappa shape index (κ2) is 6.49. The molecule has 0 amide bonds. The summed E-state index contributed by atoms with van der Waals surface area (Å²) < 4.78 is 35.3. The fourth-order valence-corrected chi connectivity index (χ4v) is 3.40. The van der Waals surface area contributed by atoms with Gasteiger partial charge in [0.2, 0.25) is 5.89 Å². The zero-order valence-electron chi connectivity index (χ0n) is 13.4. The molecular weight excluding hydrogens is 320 g/mol. The lowest BCUT2D eigenvalue weighted by atomic mass is 10.1. The van der Waals surface area contributed by atoms with Crippen molar-refractivity contribution in [3.05, 3.63) is 41.0 Å². The van der Waals surface area contributed by atoms with E-state index in [0.717, 1.165) is 0 Å². The highest BCUT2D eigenvalue weighted by Crippen LogP contribution is 2.28. The molecule has 23 heavy (non-hydrogen) atoms. The molecule has 1 heterocycles. The quantitative estimate of drug-likeness (QED) is 0.745. The number of methoxy groups -OCH3 is 1. The minimum atomic E-state index is -3.62. The highest BCUT2D eigenvalue weighted by atomic mass is 32.2. The fourth-order valence-electron chi connectivity index (χ4n) is 2.08. The van der Waals surface area contributed by atoms with Crippen LogP contribution in [0.5, 0.6) is 5.75 Å².